The van der Waals surface area contributed by atoms with Crippen molar-refractivity contribution in [1.82, 2.24) is 9.80 Å². The van der Waals surface area contributed by atoms with Crippen molar-refractivity contribution in [1.29, 1.82) is 0 Å². The van der Waals surface area contributed by atoms with Crippen LogP contribution >= 0.6 is 0 Å². The Morgan fingerprint density at radius 2 is 2.00 bits per heavy atom. The van der Waals surface area contributed by atoms with E-state index in [1.54, 1.807) is 0 Å². The van der Waals surface area contributed by atoms with Crippen LogP contribution in [0.5, 0.6) is 0 Å². The van der Waals surface area contributed by atoms with Gasteiger partial charge in [-0.3, -0.25) is 15.0 Å². The number of nitrogens with zero attached hydrogens (tertiary/aromatic N) is 3. The lowest BCUT2D eigenvalue weighted by atomic mass is 10.0. The molecular formula is C13H16F3N3O2. The molecule has 0 aromatic heterocycles. The number of hydrogen-bond acceptors (Lipinski definition) is 4. The fourth-order valence-electron chi connectivity index (χ4n) is 2.32. The van der Waals surface area contributed by atoms with E-state index in [0.717, 1.165) is 6.07 Å². The Balaban J connectivity index is 2.18. The largest absolute Gasteiger partial charge is 0.416 e. The molecular weight excluding hydrogens is 287 g/mol. The van der Waals surface area contributed by atoms with Crippen molar-refractivity contribution in [2.24, 2.45) is 0 Å². The standard InChI is InChI=1S/C13H16F3N3O2/c1-17(2)11-7-18(8-11)6-9-3-4-10(19(20)21)5-12(9)13(14,15)16/h3-5,11H,6-8H2,1-2H3. The van der Waals surface area contributed by atoms with Crippen molar-refractivity contribution in [3.8, 4) is 0 Å². The summed E-state index contributed by atoms with van der Waals surface area (Å²) in [6.07, 6.45) is -4.59. The van der Waals surface area contributed by atoms with Crippen molar-refractivity contribution in [2.45, 2.75) is 18.8 Å². The third kappa shape index (κ3) is 3.51. The van der Waals surface area contributed by atoms with Gasteiger partial charge in [0.1, 0.15) is 0 Å². The highest BCUT2D eigenvalue weighted by Gasteiger charge is 2.36. The summed E-state index contributed by atoms with van der Waals surface area (Å²) in [5.41, 5.74) is -1.39. The summed E-state index contributed by atoms with van der Waals surface area (Å²) in [5, 5.41) is 10.6. The molecule has 0 radical (unpaired) electrons. The van der Waals surface area contributed by atoms with Crippen LogP contribution in [0.2, 0.25) is 0 Å². The average molecular weight is 303 g/mol. The highest BCUT2D eigenvalue weighted by Crippen LogP contribution is 2.35. The summed E-state index contributed by atoms with van der Waals surface area (Å²) >= 11 is 0. The number of alkyl halides is 3. The molecule has 1 aliphatic rings. The molecule has 0 spiro atoms. The van der Waals surface area contributed by atoms with Gasteiger partial charge in [0.05, 0.1) is 10.5 Å². The summed E-state index contributed by atoms with van der Waals surface area (Å²) in [6.45, 7) is 1.54. The lowest BCUT2D eigenvalue weighted by Gasteiger charge is -2.43. The smallest absolute Gasteiger partial charge is 0.304 e. The van der Waals surface area contributed by atoms with E-state index in [0.29, 0.717) is 25.2 Å². The minimum Gasteiger partial charge on any atom is -0.304 e. The second-order valence-electron chi connectivity index (χ2n) is 5.41. The third-order valence-corrected chi connectivity index (χ3v) is 3.67. The first kappa shape index (κ1) is 15.7. The van der Waals surface area contributed by atoms with Gasteiger partial charge in [-0.2, -0.15) is 13.2 Å². The van der Waals surface area contributed by atoms with Crippen molar-refractivity contribution in [3.05, 3.63) is 39.4 Å². The molecule has 1 aromatic carbocycles. The number of hydrogen-bond donors (Lipinski definition) is 0. The summed E-state index contributed by atoms with van der Waals surface area (Å²) in [7, 11) is 3.85. The van der Waals surface area contributed by atoms with Crippen LogP contribution in [0.4, 0.5) is 18.9 Å². The zero-order valence-corrected chi connectivity index (χ0v) is 11.7. The number of benzene rings is 1. The zero-order valence-electron chi connectivity index (χ0n) is 11.7. The van der Waals surface area contributed by atoms with Gasteiger partial charge in [0.25, 0.3) is 5.69 Å². The maximum Gasteiger partial charge on any atom is 0.416 e. The maximum absolute atomic E-state index is 13.0. The first-order chi connectivity index (χ1) is 9.68. The minimum absolute atomic E-state index is 0.0744. The van der Waals surface area contributed by atoms with Crippen LogP contribution in [-0.4, -0.2) is 47.9 Å². The molecule has 0 N–H and O–H groups in total. The second-order valence-corrected chi connectivity index (χ2v) is 5.41. The Morgan fingerprint density at radius 1 is 1.38 bits per heavy atom. The van der Waals surface area contributed by atoms with Crippen LogP contribution in [0.25, 0.3) is 0 Å². The van der Waals surface area contributed by atoms with Crippen molar-refractivity contribution < 1.29 is 18.1 Å². The van der Waals surface area contributed by atoms with Gasteiger partial charge >= 0.3 is 6.18 Å². The predicted octanol–water partition coefficient (Wildman–Crippen LogP) is 2.36. The van der Waals surface area contributed by atoms with Crippen LogP contribution in [-0.2, 0) is 12.7 Å². The Bertz CT molecular complexity index is 540. The molecule has 1 fully saturated rings. The van der Waals surface area contributed by atoms with Crippen LogP contribution in [0.15, 0.2) is 18.2 Å². The van der Waals surface area contributed by atoms with E-state index in [4.69, 9.17) is 0 Å². The van der Waals surface area contributed by atoms with E-state index >= 15 is 0 Å². The van der Waals surface area contributed by atoms with Gasteiger partial charge in [0.15, 0.2) is 0 Å². The zero-order chi connectivity index (χ0) is 15.8. The molecule has 0 atom stereocenters. The molecule has 1 saturated heterocycles. The SMILES string of the molecule is CN(C)C1CN(Cc2ccc([N+](=O)[O-])cc2C(F)(F)F)C1. The van der Waals surface area contributed by atoms with Crippen molar-refractivity contribution in [2.75, 3.05) is 27.2 Å². The number of rotatable bonds is 4. The van der Waals surface area contributed by atoms with Crippen LogP contribution in [0, 0.1) is 10.1 Å². The van der Waals surface area contributed by atoms with Crippen molar-refractivity contribution in [3.63, 3.8) is 0 Å². The van der Waals surface area contributed by atoms with Crippen LogP contribution in [0.1, 0.15) is 11.1 Å². The quantitative estimate of drug-likeness (QED) is 0.633. The number of nitro benzene ring substituents is 1. The van der Waals surface area contributed by atoms with E-state index in [1.165, 1.54) is 6.07 Å². The fourth-order valence-corrected chi connectivity index (χ4v) is 2.32. The molecule has 1 aromatic rings. The predicted molar refractivity (Wildman–Crippen MR) is 70.9 cm³/mol. The Labute approximate surface area is 120 Å². The summed E-state index contributed by atoms with van der Waals surface area (Å²) in [4.78, 5) is 13.7. The summed E-state index contributed by atoms with van der Waals surface area (Å²) < 4.78 is 39.1. The number of nitro groups is 1. The number of non-ortho nitro benzene ring substituents is 1. The normalized spacial score (nSPS) is 17.0. The van der Waals surface area contributed by atoms with Gasteiger partial charge < -0.3 is 4.90 Å². The highest BCUT2D eigenvalue weighted by molar-refractivity contribution is 5.41. The lowest BCUT2D eigenvalue weighted by Crippen LogP contribution is -2.56. The van der Waals surface area contributed by atoms with Gasteiger partial charge in [-0.1, -0.05) is 6.07 Å². The Hall–Kier alpha value is -1.67. The van der Waals surface area contributed by atoms with E-state index in [-0.39, 0.29) is 12.1 Å². The molecule has 21 heavy (non-hydrogen) atoms. The van der Waals surface area contributed by atoms with Gasteiger partial charge in [-0.15, -0.1) is 0 Å². The third-order valence-electron chi connectivity index (χ3n) is 3.67. The molecule has 0 aliphatic carbocycles. The number of likely N-dealkylation sites (tertiary alicyclic amines) is 1. The molecule has 0 unspecified atom stereocenters. The first-order valence-corrected chi connectivity index (χ1v) is 6.42. The monoisotopic (exact) mass is 303 g/mol. The summed E-state index contributed by atoms with van der Waals surface area (Å²) in [6, 6.07) is 3.27. The minimum atomic E-state index is -4.59. The Kier molecular flexibility index (Phi) is 4.20. The molecule has 2 rings (SSSR count). The molecule has 5 nitrogen and oxygen atoms in total. The molecule has 0 saturated carbocycles. The number of likely N-dealkylation sites (N-methyl/N-ethyl adjacent to an activating group) is 1. The average Bonchev–Trinajstić information content (AvgIpc) is 2.31. The number of halogens is 3. The van der Waals surface area contributed by atoms with Gasteiger partial charge in [0.2, 0.25) is 0 Å². The molecule has 116 valence electrons. The van der Waals surface area contributed by atoms with E-state index < -0.39 is 22.4 Å². The first-order valence-electron chi connectivity index (χ1n) is 6.42. The van der Waals surface area contributed by atoms with Gasteiger partial charge in [-0.05, 0) is 19.7 Å². The van der Waals surface area contributed by atoms with Gasteiger partial charge in [-0.25, -0.2) is 0 Å². The molecule has 1 heterocycles. The molecule has 0 amide bonds. The lowest BCUT2D eigenvalue weighted by molar-refractivity contribution is -0.385. The highest BCUT2D eigenvalue weighted by atomic mass is 19.4. The topological polar surface area (TPSA) is 49.6 Å². The fraction of sp³-hybridized carbons (Fsp3) is 0.538. The molecule has 8 heteroatoms. The molecule has 0 bridgehead atoms. The Morgan fingerprint density at radius 3 is 2.48 bits per heavy atom. The van der Waals surface area contributed by atoms with Crippen molar-refractivity contribution >= 4 is 5.69 Å². The maximum atomic E-state index is 13.0. The summed E-state index contributed by atoms with van der Waals surface area (Å²) in [5.74, 6) is 0. The van der Waals surface area contributed by atoms with Gasteiger partial charge in [0, 0.05) is 37.8 Å². The van der Waals surface area contributed by atoms with E-state index in [9.17, 15) is 23.3 Å². The van der Waals surface area contributed by atoms with E-state index in [2.05, 4.69) is 0 Å². The van der Waals surface area contributed by atoms with Crippen LogP contribution < -0.4 is 0 Å². The van der Waals surface area contributed by atoms with E-state index in [1.807, 2.05) is 23.9 Å². The second kappa shape index (κ2) is 5.61. The van der Waals surface area contributed by atoms with Crippen LogP contribution in [0.3, 0.4) is 0 Å². The molecule has 1 aliphatic heterocycles.